The Labute approximate surface area is 228 Å². The molecule has 0 amide bonds. The lowest BCUT2D eigenvalue weighted by atomic mass is 9.94. The van der Waals surface area contributed by atoms with Gasteiger partial charge in [-0.15, -0.1) is 0 Å². The second-order valence-electron chi connectivity index (χ2n) is 10.0. The fourth-order valence-corrected chi connectivity index (χ4v) is 5.94. The topological polar surface area (TPSA) is 58.2 Å². The third-order valence-electron chi connectivity index (χ3n) is 7.09. The molecular formula is C33H38N2O2S. The Balaban J connectivity index is 1.54. The molecular weight excluding hydrogens is 488 g/mol. The maximum atomic E-state index is 13.5. The second-order valence-corrected chi connectivity index (χ2v) is 11.8. The van der Waals surface area contributed by atoms with Crippen LogP contribution in [-0.4, -0.2) is 15.0 Å². The summed E-state index contributed by atoms with van der Waals surface area (Å²) in [5.41, 5.74) is 6.99. The number of aryl methyl sites for hydroxylation is 4. The van der Waals surface area contributed by atoms with Crippen molar-refractivity contribution in [2.75, 3.05) is 6.54 Å². The molecule has 4 rings (SSSR count). The third kappa shape index (κ3) is 7.41. The summed E-state index contributed by atoms with van der Waals surface area (Å²) in [7, 11) is -3.75. The fraction of sp³-hybridized carbons (Fsp3) is 0.273. The van der Waals surface area contributed by atoms with E-state index in [0.717, 1.165) is 42.5 Å². The SMILES string of the molecule is Cc1ccc(S(=O)(=O)N[C@@H](c2ccccc2)C(NCCCCc2ccc(C)c(C)c2)c2ccccc2)cc1. The summed E-state index contributed by atoms with van der Waals surface area (Å²) in [5, 5.41) is 3.70. The van der Waals surface area contributed by atoms with E-state index in [9.17, 15) is 8.42 Å². The Morgan fingerprint density at radius 1 is 0.658 bits per heavy atom. The number of hydrogen-bond donors (Lipinski definition) is 2. The molecule has 1 unspecified atom stereocenters. The highest BCUT2D eigenvalue weighted by molar-refractivity contribution is 7.89. The molecule has 4 aromatic carbocycles. The fourth-order valence-electron chi connectivity index (χ4n) is 4.70. The average molecular weight is 527 g/mol. The van der Waals surface area contributed by atoms with Crippen molar-refractivity contribution in [3.05, 3.63) is 137 Å². The van der Waals surface area contributed by atoms with Gasteiger partial charge < -0.3 is 5.32 Å². The first-order chi connectivity index (χ1) is 18.3. The van der Waals surface area contributed by atoms with E-state index in [1.807, 2.05) is 67.6 Å². The summed E-state index contributed by atoms with van der Waals surface area (Å²) in [4.78, 5) is 0.268. The minimum Gasteiger partial charge on any atom is -0.308 e. The molecule has 0 aliphatic carbocycles. The molecule has 0 heterocycles. The lowest BCUT2D eigenvalue weighted by molar-refractivity contribution is 0.417. The van der Waals surface area contributed by atoms with Crippen LogP contribution in [0.3, 0.4) is 0 Å². The smallest absolute Gasteiger partial charge is 0.241 e. The van der Waals surface area contributed by atoms with E-state index in [4.69, 9.17) is 0 Å². The van der Waals surface area contributed by atoms with Gasteiger partial charge in [0.1, 0.15) is 0 Å². The van der Waals surface area contributed by atoms with E-state index >= 15 is 0 Å². The minimum absolute atomic E-state index is 0.236. The van der Waals surface area contributed by atoms with E-state index in [2.05, 4.69) is 54.2 Å². The first-order valence-electron chi connectivity index (χ1n) is 13.3. The molecule has 4 aromatic rings. The molecule has 0 spiro atoms. The molecule has 2 N–H and O–H groups in total. The van der Waals surface area contributed by atoms with Gasteiger partial charge in [-0.05, 0) is 86.5 Å². The molecule has 0 aromatic heterocycles. The van der Waals surface area contributed by atoms with E-state index in [1.165, 1.54) is 16.7 Å². The highest BCUT2D eigenvalue weighted by Gasteiger charge is 2.29. The lowest BCUT2D eigenvalue weighted by Crippen LogP contribution is -2.39. The van der Waals surface area contributed by atoms with Gasteiger partial charge in [-0.3, -0.25) is 0 Å². The zero-order chi connectivity index (χ0) is 27.0. The number of benzene rings is 4. The molecule has 4 nitrogen and oxygen atoms in total. The summed E-state index contributed by atoms with van der Waals surface area (Å²) < 4.78 is 30.0. The van der Waals surface area contributed by atoms with Gasteiger partial charge in [-0.1, -0.05) is 96.6 Å². The zero-order valence-electron chi connectivity index (χ0n) is 22.5. The summed E-state index contributed by atoms with van der Waals surface area (Å²) in [6, 6.07) is 32.9. The van der Waals surface area contributed by atoms with Crippen molar-refractivity contribution in [1.29, 1.82) is 0 Å². The van der Waals surface area contributed by atoms with Crippen LogP contribution in [0.5, 0.6) is 0 Å². The molecule has 0 radical (unpaired) electrons. The summed E-state index contributed by atoms with van der Waals surface area (Å²) in [6.07, 6.45) is 3.07. The van der Waals surface area contributed by atoms with Crippen molar-refractivity contribution in [3.63, 3.8) is 0 Å². The van der Waals surface area contributed by atoms with E-state index in [0.29, 0.717) is 0 Å². The third-order valence-corrected chi connectivity index (χ3v) is 8.55. The van der Waals surface area contributed by atoms with Crippen LogP contribution < -0.4 is 10.0 Å². The monoisotopic (exact) mass is 526 g/mol. The van der Waals surface area contributed by atoms with Crippen molar-refractivity contribution in [1.82, 2.24) is 10.0 Å². The van der Waals surface area contributed by atoms with E-state index < -0.39 is 16.1 Å². The van der Waals surface area contributed by atoms with Crippen molar-refractivity contribution in [2.45, 2.75) is 57.0 Å². The number of unbranched alkanes of at least 4 members (excludes halogenated alkanes) is 1. The molecule has 0 bridgehead atoms. The minimum atomic E-state index is -3.75. The molecule has 5 heteroatoms. The molecule has 2 atom stereocenters. The first kappa shape index (κ1) is 27.8. The van der Waals surface area contributed by atoms with Gasteiger partial charge in [0.25, 0.3) is 0 Å². The van der Waals surface area contributed by atoms with Crippen LogP contribution in [0, 0.1) is 20.8 Å². The van der Waals surface area contributed by atoms with Gasteiger partial charge in [0.05, 0.1) is 17.0 Å². The van der Waals surface area contributed by atoms with Gasteiger partial charge in [0.15, 0.2) is 0 Å². The number of hydrogen-bond acceptors (Lipinski definition) is 3. The van der Waals surface area contributed by atoms with E-state index in [-0.39, 0.29) is 10.9 Å². The molecule has 0 aliphatic heterocycles. The number of nitrogens with one attached hydrogen (secondary N) is 2. The van der Waals surface area contributed by atoms with Crippen LogP contribution in [0.2, 0.25) is 0 Å². The molecule has 0 saturated heterocycles. The van der Waals surface area contributed by atoms with Crippen LogP contribution in [-0.2, 0) is 16.4 Å². The van der Waals surface area contributed by atoms with Gasteiger partial charge in [-0.2, -0.15) is 0 Å². The Morgan fingerprint density at radius 3 is 1.87 bits per heavy atom. The van der Waals surface area contributed by atoms with Crippen molar-refractivity contribution < 1.29 is 8.42 Å². The van der Waals surface area contributed by atoms with Gasteiger partial charge in [-0.25, -0.2) is 13.1 Å². The molecule has 0 saturated carbocycles. The highest BCUT2D eigenvalue weighted by atomic mass is 32.2. The predicted octanol–water partition coefficient (Wildman–Crippen LogP) is 6.99. The van der Waals surface area contributed by atoms with Gasteiger partial charge in [0.2, 0.25) is 10.0 Å². The van der Waals surface area contributed by atoms with Crippen LogP contribution >= 0.6 is 0 Å². The summed E-state index contributed by atoms with van der Waals surface area (Å²) >= 11 is 0. The van der Waals surface area contributed by atoms with Crippen molar-refractivity contribution in [2.24, 2.45) is 0 Å². The highest BCUT2D eigenvalue weighted by Crippen LogP contribution is 2.31. The summed E-state index contributed by atoms with van der Waals surface area (Å²) in [5.74, 6) is 0. The standard InChI is InChI=1S/C33H38N2O2S/c1-25-17-21-31(22-18-25)38(36,37)35-33(30-15-8-5-9-16-30)32(29-13-6-4-7-14-29)34-23-11-10-12-28-20-19-26(2)27(3)24-28/h4-9,13-22,24,32-35H,10-12,23H2,1-3H3/t32?,33-/m0/s1. The van der Waals surface area contributed by atoms with Crippen molar-refractivity contribution in [3.8, 4) is 0 Å². The quantitative estimate of drug-likeness (QED) is 0.196. The predicted molar refractivity (Wildman–Crippen MR) is 157 cm³/mol. The lowest BCUT2D eigenvalue weighted by Gasteiger charge is -2.30. The van der Waals surface area contributed by atoms with E-state index in [1.54, 1.807) is 12.1 Å². The molecule has 0 aliphatic rings. The molecule has 38 heavy (non-hydrogen) atoms. The Hall–Kier alpha value is -3.25. The maximum Gasteiger partial charge on any atom is 0.241 e. The number of sulfonamides is 1. The Bertz CT molecular complexity index is 1400. The first-order valence-corrected chi connectivity index (χ1v) is 14.8. The van der Waals surface area contributed by atoms with Crippen LogP contribution in [0.4, 0.5) is 0 Å². The maximum absolute atomic E-state index is 13.5. The van der Waals surface area contributed by atoms with Crippen LogP contribution in [0.25, 0.3) is 0 Å². The average Bonchev–Trinajstić information content (AvgIpc) is 2.93. The summed E-state index contributed by atoms with van der Waals surface area (Å²) in [6.45, 7) is 7.03. The van der Waals surface area contributed by atoms with Crippen LogP contribution in [0.1, 0.15) is 58.3 Å². The van der Waals surface area contributed by atoms with Gasteiger partial charge >= 0.3 is 0 Å². The van der Waals surface area contributed by atoms with Gasteiger partial charge in [0, 0.05) is 0 Å². The number of rotatable bonds is 12. The zero-order valence-corrected chi connectivity index (χ0v) is 23.3. The molecule has 198 valence electrons. The van der Waals surface area contributed by atoms with Crippen LogP contribution in [0.15, 0.2) is 108 Å². The Kier molecular flexibility index (Phi) is 9.51. The second kappa shape index (κ2) is 13.0. The van der Waals surface area contributed by atoms with Crippen molar-refractivity contribution >= 4 is 10.0 Å². The largest absolute Gasteiger partial charge is 0.308 e. The Morgan fingerprint density at radius 2 is 1.26 bits per heavy atom. The molecule has 0 fully saturated rings. The normalized spacial score (nSPS) is 13.2.